The molecule has 2 aliphatic rings. The summed E-state index contributed by atoms with van der Waals surface area (Å²) in [6.45, 7) is 1.87. The van der Waals surface area contributed by atoms with Crippen LogP contribution in [-0.4, -0.2) is 18.0 Å². The van der Waals surface area contributed by atoms with E-state index in [0.717, 1.165) is 19.0 Å². The molecule has 0 amide bonds. The third-order valence-corrected chi connectivity index (χ3v) is 1.71. The van der Waals surface area contributed by atoms with E-state index in [-0.39, 0.29) is 0 Å². The average molecular weight is 165 g/mol. The van der Waals surface area contributed by atoms with Crippen molar-refractivity contribution in [3.05, 3.63) is 36.9 Å². The lowest BCUT2D eigenvalue weighted by molar-refractivity contribution is 0.213. The van der Waals surface area contributed by atoms with E-state index in [2.05, 4.69) is 10.6 Å². The van der Waals surface area contributed by atoms with E-state index in [9.17, 15) is 0 Å². The molecule has 12 heavy (non-hydrogen) atoms. The third kappa shape index (κ3) is 1.37. The van der Waals surface area contributed by atoms with Gasteiger partial charge in [-0.15, -0.1) is 0 Å². The molecule has 2 N–H and O–H groups in total. The summed E-state index contributed by atoms with van der Waals surface area (Å²) < 4.78 is 5.28. The highest BCUT2D eigenvalue weighted by Crippen LogP contribution is 2.09. The fraction of sp³-hybridized carbons (Fsp3) is 0.250. The van der Waals surface area contributed by atoms with Crippen molar-refractivity contribution in [1.82, 2.24) is 15.5 Å². The van der Waals surface area contributed by atoms with Crippen molar-refractivity contribution in [2.24, 2.45) is 0 Å². The Bertz CT molecular complexity index is 245. The highest BCUT2D eigenvalue weighted by atomic mass is 16.5. The van der Waals surface area contributed by atoms with Gasteiger partial charge in [-0.3, -0.25) is 0 Å². The summed E-state index contributed by atoms with van der Waals surface area (Å²) in [5.41, 5.74) is 0. The molecule has 0 aromatic carbocycles. The molecule has 0 atom stereocenters. The molecule has 0 spiro atoms. The van der Waals surface area contributed by atoms with Gasteiger partial charge in [0, 0.05) is 31.7 Å². The van der Waals surface area contributed by atoms with Crippen LogP contribution in [0, 0.1) is 0 Å². The van der Waals surface area contributed by atoms with E-state index in [1.165, 1.54) is 0 Å². The Morgan fingerprint density at radius 1 is 1.42 bits per heavy atom. The van der Waals surface area contributed by atoms with Gasteiger partial charge in [-0.2, -0.15) is 0 Å². The predicted molar refractivity (Wildman–Crippen MR) is 45.3 cm³/mol. The van der Waals surface area contributed by atoms with E-state index in [4.69, 9.17) is 4.74 Å². The van der Waals surface area contributed by atoms with Gasteiger partial charge in [-0.05, 0) is 0 Å². The third-order valence-electron chi connectivity index (χ3n) is 1.71. The molecule has 4 heteroatoms. The Morgan fingerprint density at radius 3 is 3.08 bits per heavy atom. The highest BCUT2D eigenvalue weighted by molar-refractivity contribution is 5.05. The van der Waals surface area contributed by atoms with Gasteiger partial charge in [-0.1, -0.05) is 0 Å². The van der Waals surface area contributed by atoms with Crippen LogP contribution in [0.15, 0.2) is 36.9 Å². The molecule has 0 aromatic heterocycles. The summed E-state index contributed by atoms with van der Waals surface area (Å²) in [6, 6.07) is 0. The summed E-state index contributed by atoms with van der Waals surface area (Å²) >= 11 is 0. The summed E-state index contributed by atoms with van der Waals surface area (Å²) in [5, 5.41) is 6.08. The van der Waals surface area contributed by atoms with Crippen molar-refractivity contribution in [3.63, 3.8) is 0 Å². The fourth-order valence-corrected chi connectivity index (χ4v) is 1.12. The van der Waals surface area contributed by atoms with Crippen LogP contribution < -0.4 is 10.6 Å². The van der Waals surface area contributed by atoms with Gasteiger partial charge in [0.25, 0.3) is 0 Å². The molecular formula is C8H11N3O. The molecule has 2 heterocycles. The van der Waals surface area contributed by atoms with Crippen LogP contribution >= 0.6 is 0 Å². The lowest BCUT2D eigenvalue weighted by Crippen LogP contribution is -2.32. The van der Waals surface area contributed by atoms with E-state index in [1.54, 1.807) is 12.5 Å². The van der Waals surface area contributed by atoms with Crippen LogP contribution in [-0.2, 0) is 4.74 Å². The van der Waals surface area contributed by atoms with Gasteiger partial charge in [-0.25, -0.2) is 0 Å². The second-order valence-electron chi connectivity index (χ2n) is 2.53. The van der Waals surface area contributed by atoms with E-state index in [1.807, 2.05) is 23.5 Å². The van der Waals surface area contributed by atoms with Crippen molar-refractivity contribution < 1.29 is 4.74 Å². The minimum Gasteiger partial charge on any atom is -0.445 e. The molecule has 0 aliphatic carbocycles. The van der Waals surface area contributed by atoms with Gasteiger partial charge in [0.2, 0.25) is 5.88 Å². The molecule has 0 bridgehead atoms. The molecular weight excluding hydrogens is 154 g/mol. The molecule has 2 aliphatic heterocycles. The van der Waals surface area contributed by atoms with Gasteiger partial charge in [0.15, 0.2) is 0 Å². The monoisotopic (exact) mass is 165 g/mol. The maximum Gasteiger partial charge on any atom is 0.215 e. The zero-order chi connectivity index (χ0) is 8.23. The molecule has 64 valence electrons. The molecule has 2 rings (SSSR count). The first-order chi connectivity index (χ1) is 5.97. The van der Waals surface area contributed by atoms with Gasteiger partial charge in [0.05, 0.1) is 6.20 Å². The summed E-state index contributed by atoms with van der Waals surface area (Å²) in [5.74, 6) is 0.829. The van der Waals surface area contributed by atoms with Gasteiger partial charge >= 0.3 is 0 Å². The quantitative estimate of drug-likeness (QED) is 0.584. The second-order valence-corrected chi connectivity index (χ2v) is 2.53. The van der Waals surface area contributed by atoms with Crippen LogP contribution in [0.5, 0.6) is 0 Å². The number of ether oxygens (including phenoxy) is 1. The van der Waals surface area contributed by atoms with Gasteiger partial charge < -0.3 is 20.3 Å². The zero-order valence-corrected chi connectivity index (χ0v) is 6.66. The first-order valence-electron chi connectivity index (χ1n) is 3.91. The smallest absolute Gasteiger partial charge is 0.215 e. The minimum atomic E-state index is 0.829. The largest absolute Gasteiger partial charge is 0.445 e. The minimum absolute atomic E-state index is 0.829. The Balaban J connectivity index is 2.03. The highest BCUT2D eigenvalue weighted by Gasteiger charge is 2.10. The summed E-state index contributed by atoms with van der Waals surface area (Å²) in [6.07, 6.45) is 9.07. The summed E-state index contributed by atoms with van der Waals surface area (Å²) in [4.78, 5) is 2.03. The first-order valence-corrected chi connectivity index (χ1v) is 3.91. The van der Waals surface area contributed by atoms with Crippen molar-refractivity contribution in [2.45, 2.75) is 0 Å². The van der Waals surface area contributed by atoms with E-state index < -0.39 is 0 Å². The van der Waals surface area contributed by atoms with Crippen molar-refractivity contribution in [3.8, 4) is 0 Å². The molecule has 0 saturated heterocycles. The maximum atomic E-state index is 5.28. The molecule has 0 fully saturated rings. The number of rotatable bonds is 1. The maximum absolute atomic E-state index is 5.28. The number of nitrogens with one attached hydrogen (secondary N) is 2. The summed E-state index contributed by atoms with van der Waals surface area (Å²) in [7, 11) is 0. The predicted octanol–water partition coefficient (Wildman–Crippen LogP) is 0.253. The number of nitrogens with zero attached hydrogens (tertiary/aromatic N) is 1. The molecule has 0 aromatic rings. The van der Waals surface area contributed by atoms with Crippen molar-refractivity contribution in [1.29, 1.82) is 0 Å². The zero-order valence-electron chi connectivity index (χ0n) is 6.66. The standard InChI is InChI=1S/C8H11N3O/c1-4-11(5-2-9-1)8-7-10-3-6-12-8/h1,3-4,6-7,9-10H,2,5H2. The van der Waals surface area contributed by atoms with Crippen LogP contribution in [0.4, 0.5) is 0 Å². The SMILES string of the molecule is C1=COC(N2C=CNCC2)=CN1. The Morgan fingerprint density at radius 2 is 2.42 bits per heavy atom. The first kappa shape index (κ1) is 7.09. The Labute approximate surface area is 71.2 Å². The lowest BCUT2D eigenvalue weighted by atomic mass is 10.4. The topological polar surface area (TPSA) is 36.5 Å². The van der Waals surface area contributed by atoms with Crippen LogP contribution in [0.1, 0.15) is 0 Å². The Hall–Kier alpha value is -1.58. The van der Waals surface area contributed by atoms with Crippen molar-refractivity contribution in [2.75, 3.05) is 13.1 Å². The lowest BCUT2D eigenvalue weighted by Gasteiger charge is -2.26. The van der Waals surface area contributed by atoms with Crippen LogP contribution in [0.25, 0.3) is 0 Å². The molecule has 0 saturated carbocycles. The molecule has 4 nitrogen and oxygen atoms in total. The van der Waals surface area contributed by atoms with Crippen LogP contribution in [0.2, 0.25) is 0 Å². The van der Waals surface area contributed by atoms with Crippen molar-refractivity contribution >= 4 is 0 Å². The average Bonchev–Trinajstić information content (AvgIpc) is 2.21. The number of hydrogen-bond donors (Lipinski definition) is 2. The van der Waals surface area contributed by atoms with E-state index in [0.29, 0.717) is 0 Å². The second kappa shape index (κ2) is 3.21. The fourth-order valence-electron chi connectivity index (χ4n) is 1.12. The normalized spacial score (nSPS) is 20.7. The molecule has 0 unspecified atom stereocenters. The number of hydrogen-bond acceptors (Lipinski definition) is 4. The van der Waals surface area contributed by atoms with E-state index >= 15 is 0 Å². The molecule has 0 radical (unpaired) electrons. The van der Waals surface area contributed by atoms with Crippen LogP contribution in [0.3, 0.4) is 0 Å². The Kier molecular flexibility index (Phi) is 1.90. The van der Waals surface area contributed by atoms with Gasteiger partial charge in [0.1, 0.15) is 6.26 Å².